The zero-order chi connectivity index (χ0) is 20.4. The summed E-state index contributed by atoms with van der Waals surface area (Å²) in [6.07, 6.45) is 4.65. The van der Waals surface area contributed by atoms with Crippen molar-refractivity contribution in [3.63, 3.8) is 0 Å². The largest absolute Gasteiger partial charge is 0.454 e. The van der Waals surface area contributed by atoms with Gasteiger partial charge in [0.2, 0.25) is 11.8 Å². The lowest BCUT2D eigenvalue weighted by Gasteiger charge is -2.21. The van der Waals surface area contributed by atoms with Crippen LogP contribution in [0.3, 0.4) is 0 Å². The predicted octanol–water partition coefficient (Wildman–Crippen LogP) is 0.668. The lowest BCUT2D eigenvalue weighted by Crippen LogP contribution is -2.45. The number of amides is 4. The van der Waals surface area contributed by atoms with E-state index in [0.29, 0.717) is 12.8 Å². The second kappa shape index (κ2) is 7.93. The highest BCUT2D eigenvalue weighted by molar-refractivity contribution is 7.14. The van der Waals surface area contributed by atoms with Crippen LogP contribution in [0.2, 0.25) is 0 Å². The Labute approximate surface area is 164 Å². The molecule has 0 bridgehead atoms. The molecular weight excluding hydrogens is 386 g/mol. The van der Waals surface area contributed by atoms with Gasteiger partial charge in [-0.3, -0.25) is 24.1 Å². The number of nitrogens with zero attached hydrogens (tertiary/aromatic N) is 1. The minimum absolute atomic E-state index is 0.155. The summed E-state index contributed by atoms with van der Waals surface area (Å²) in [6, 6.07) is 0.344. The summed E-state index contributed by atoms with van der Waals surface area (Å²) in [7, 11) is 0. The van der Waals surface area contributed by atoms with Crippen molar-refractivity contribution in [3.8, 4) is 0 Å². The van der Waals surface area contributed by atoms with E-state index in [9.17, 15) is 24.0 Å². The van der Waals surface area contributed by atoms with Crippen LogP contribution in [0.25, 0.3) is 0 Å². The van der Waals surface area contributed by atoms with E-state index in [4.69, 9.17) is 10.5 Å². The molecule has 4 amide bonds. The molecule has 148 valence electrons. The molecular formula is C18H19N3O6S. The highest BCUT2D eigenvalue weighted by Gasteiger charge is 2.50. The highest BCUT2D eigenvalue weighted by Crippen LogP contribution is 2.36. The highest BCUT2D eigenvalue weighted by atomic mass is 32.1. The third kappa shape index (κ3) is 3.68. The standard InChI is InChI=1S/C18H19N3O6S/c1-9(21-16(24)10-4-2-3-5-11(10)17(21)25)18(26)27-8-13(22)20-15-12(14(19)23)6-7-28-15/h2-3,6-7,9-11H,4-5,8H2,1H3,(H2,19,23)(H,20,22)/t9-,10+,11+/m0/s1. The number of hydrogen-bond acceptors (Lipinski definition) is 7. The van der Waals surface area contributed by atoms with Gasteiger partial charge in [-0.25, -0.2) is 4.79 Å². The molecule has 2 aliphatic rings. The second-order valence-electron chi connectivity index (χ2n) is 6.56. The monoisotopic (exact) mass is 405 g/mol. The van der Waals surface area contributed by atoms with Crippen molar-refractivity contribution in [3.05, 3.63) is 29.2 Å². The Bertz CT molecular complexity index is 850. The van der Waals surface area contributed by atoms with Gasteiger partial charge >= 0.3 is 5.97 Å². The van der Waals surface area contributed by atoms with Gasteiger partial charge in [0.1, 0.15) is 11.0 Å². The topological polar surface area (TPSA) is 136 Å². The number of carbonyl (C=O) groups is 5. The van der Waals surface area contributed by atoms with E-state index in [-0.39, 0.29) is 10.6 Å². The maximum absolute atomic E-state index is 12.5. The molecule has 1 aliphatic heterocycles. The predicted molar refractivity (Wildman–Crippen MR) is 99.1 cm³/mol. The molecule has 3 rings (SSSR count). The number of anilines is 1. The number of esters is 1. The van der Waals surface area contributed by atoms with Gasteiger partial charge < -0.3 is 15.8 Å². The molecule has 1 aromatic heterocycles. The summed E-state index contributed by atoms with van der Waals surface area (Å²) in [5.74, 6) is -3.88. The van der Waals surface area contributed by atoms with Gasteiger partial charge in [-0.15, -0.1) is 11.3 Å². The van der Waals surface area contributed by atoms with Crippen LogP contribution < -0.4 is 11.1 Å². The van der Waals surface area contributed by atoms with Gasteiger partial charge in [0, 0.05) is 0 Å². The van der Waals surface area contributed by atoms with E-state index in [1.165, 1.54) is 13.0 Å². The minimum Gasteiger partial charge on any atom is -0.454 e. The van der Waals surface area contributed by atoms with Crippen molar-refractivity contribution >= 4 is 45.9 Å². The maximum atomic E-state index is 12.5. The SMILES string of the molecule is C[C@@H](C(=O)OCC(=O)Nc1sccc1C(N)=O)N1C(=O)[C@@H]2CC=CC[C@H]2C1=O. The average molecular weight is 405 g/mol. The Morgan fingerprint density at radius 1 is 1.25 bits per heavy atom. The molecule has 3 N–H and O–H groups in total. The molecule has 0 spiro atoms. The van der Waals surface area contributed by atoms with Crippen molar-refractivity contribution < 1.29 is 28.7 Å². The Hall–Kier alpha value is -3.01. The number of thiophene rings is 1. The van der Waals surface area contributed by atoms with Crippen molar-refractivity contribution in [1.29, 1.82) is 0 Å². The molecule has 10 heteroatoms. The minimum atomic E-state index is -1.12. The molecule has 1 fully saturated rings. The fourth-order valence-electron chi connectivity index (χ4n) is 3.33. The maximum Gasteiger partial charge on any atom is 0.329 e. The molecule has 9 nitrogen and oxygen atoms in total. The zero-order valence-corrected chi connectivity index (χ0v) is 15.9. The number of rotatable bonds is 6. The summed E-state index contributed by atoms with van der Waals surface area (Å²) < 4.78 is 4.95. The molecule has 2 heterocycles. The molecule has 1 aromatic rings. The molecule has 0 radical (unpaired) electrons. The molecule has 0 saturated carbocycles. The number of nitrogens with one attached hydrogen (secondary N) is 1. The first-order chi connectivity index (χ1) is 13.3. The summed E-state index contributed by atoms with van der Waals surface area (Å²) in [6.45, 7) is 0.773. The number of nitrogens with two attached hydrogens (primary N) is 1. The molecule has 0 unspecified atom stereocenters. The van der Waals surface area contributed by atoms with E-state index >= 15 is 0 Å². The molecule has 3 atom stereocenters. The van der Waals surface area contributed by atoms with Crippen LogP contribution in [0.4, 0.5) is 5.00 Å². The smallest absolute Gasteiger partial charge is 0.329 e. The van der Waals surface area contributed by atoms with Crippen LogP contribution in [0.1, 0.15) is 30.1 Å². The molecule has 1 aliphatic carbocycles. The summed E-state index contributed by atoms with van der Waals surface area (Å²) in [5.41, 5.74) is 5.35. The number of carbonyl (C=O) groups excluding carboxylic acids is 5. The summed E-state index contributed by atoms with van der Waals surface area (Å²) >= 11 is 1.10. The van der Waals surface area contributed by atoms with Crippen molar-refractivity contribution in [1.82, 2.24) is 4.90 Å². The zero-order valence-electron chi connectivity index (χ0n) is 15.0. The lowest BCUT2D eigenvalue weighted by molar-refractivity contribution is -0.159. The second-order valence-corrected chi connectivity index (χ2v) is 7.48. The van der Waals surface area contributed by atoms with Crippen LogP contribution in [-0.2, 0) is 23.9 Å². The van der Waals surface area contributed by atoms with Crippen molar-refractivity contribution in [2.45, 2.75) is 25.8 Å². The van der Waals surface area contributed by atoms with Crippen LogP contribution in [-0.4, -0.2) is 47.1 Å². The molecule has 28 heavy (non-hydrogen) atoms. The van der Waals surface area contributed by atoms with Gasteiger partial charge in [0.15, 0.2) is 6.61 Å². The summed E-state index contributed by atoms with van der Waals surface area (Å²) in [4.78, 5) is 61.4. The first kappa shape index (κ1) is 19.7. The van der Waals surface area contributed by atoms with E-state index in [1.54, 1.807) is 5.38 Å². The third-order valence-corrected chi connectivity index (χ3v) is 5.63. The number of fused-ring (bicyclic) bond motifs is 1. The van der Waals surface area contributed by atoms with Gasteiger partial charge in [0.25, 0.3) is 11.8 Å². The van der Waals surface area contributed by atoms with Gasteiger partial charge in [0.05, 0.1) is 17.4 Å². The fraction of sp³-hybridized carbons (Fsp3) is 0.389. The first-order valence-corrected chi connectivity index (χ1v) is 9.55. The Kier molecular flexibility index (Phi) is 5.59. The number of allylic oxidation sites excluding steroid dienone is 2. The van der Waals surface area contributed by atoms with Gasteiger partial charge in [-0.05, 0) is 31.2 Å². The third-order valence-electron chi connectivity index (χ3n) is 4.80. The molecule has 0 aromatic carbocycles. The number of primary amides is 1. The van der Waals surface area contributed by atoms with E-state index in [2.05, 4.69) is 5.32 Å². The van der Waals surface area contributed by atoms with E-state index in [0.717, 1.165) is 16.2 Å². The number of ether oxygens (including phenoxy) is 1. The van der Waals surface area contributed by atoms with E-state index < -0.39 is 54.1 Å². The van der Waals surface area contributed by atoms with Crippen LogP contribution in [0.15, 0.2) is 23.6 Å². The van der Waals surface area contributed by atoms with Gasteiger partial charge in [-0.2, -0.15) is 0 Å². The number of likely N-dealkylation sites (tertiary alicyclic amines) is 1. The Balaban J connectivity index is 1.56. The quantitative estimate of drug-likeness (QED) is 0.406. The number of hydrogen-bond donors (Lipinski definition) is 2. The van der Waals surface area contributed by atoms with Crippen LogP contribution >= 0.6 is 11.3 Å². The van der Waals surface area contributed by atoms with Crippen LogP contribution in [0.5, 0.6) is 0 Å². The Morgan fingerprint density at radius 3 is 2.43 bits per heavy atom. The van der Waals surface area contributed by atoms with Crippen molar-refractivity contribution in [2.75, 3.05) is 11.9 Å². The molecule has 1 saturated heterocycles. The Morgan fingerprint density at radius 2 is 1.86 bits per heavy atom. The van der Waals surface area contributed by atoms with Crippen LogP contribution in [0, 0.1) is 11.8 Å². The summed E-state index contributed by atoms with van der Waals surface area (Å²) in [5, 5.41) is 4.28. The average Bonchev–Trinajstić information content (AvgIpc) is 3.23. The first-order valence-electron chi connectivity index (χ1n) is 8.67. The normalized spacial score (nSPS) is 22.0. The van der Waals surface area contributed by atoms with E-state index in [1.807, 2.05) is 12.2 Å². The fourth-order valence-corrected chi connectivity index (χ4v) is 4.14. The van der Waals surface area contributed by atoms with Crippen molar-refractivity contribution in [2.24, 2.45) is 17.6 Å². The van der Waals surface area contributed by atoms with Gasteiger partial charge in [-0.1, -0.05) is 12.2 Å². The lowest BCUT2D eigenvalue weighted by atomic mass is 9.85. The number of imide groups is 1.